The van der Waals surface area contributed by atoms with E-state index in [4.69, 9.17) is 4.42 Å². The van der Waals surface area contributed by atoms with Crippen molar-refractivity contribution in [1.82, 2.24) is 0 Å². The van der Waals surface area contributed by atoms with E-state index in [-0.39, 0.29) is 0 Å². The van der Waals surface area contributed by atoms with Crippen LogP contribution in [-0.4, -0.2) is 0 Å². The van der Waals surface area contributed by atoms with E-state index >= 15 is 0 Å². The maximum Gasteiger partial charge on any atom is 0.159 e. The quantitative estimate of drug-likeness (QED) is 0.160. The Morgan fingerprint density at radius 1 is 0.333 bits per heavy atom. The lowest BCUT2D eigenvalue weighted by Gasteiger charge is -2.42. The van der Waals surface area contributed by atoms with Gasteiger partial charge in [-0.15, -0.1) is 10.0 Å². The van der Waals surface area contributed by atoms with Gasteiger partial charge in [0.15, 0.2) is 5.58 Å². The number of para-hydroxylation sites is 3. The summed E-state index contributed by atoms with van der Waals surface area (Å²) in [4.78, 5) is 7.50. The summed E-state index contributed by atoms with van der Waals surface area (Å²) in [5, 5.41) is 2.21. The highest BCUT2D eigenvalue weighted by molar-refractivity contribution is 8.34. The molecule has 0 atom stereocenters. The smallest absolute Gasteiger partial charge is 0.159 e. The van der Waals surface area contributed by atoms with Crippen molar-refractivity contribution in [2.45, 2.75) is 19.6 Å². The molecule has 9 aromatic rings. The van der Waals surface area contributed by atoms with Crippen LogP contribution < -0.4 is 4.90 Å². The third-order valence-corrected chi connectivity index (χ3v) is 13.5. The zero-order chi connectivity index (χ0) is 34.0. The van der Waals surface area contributed by atoms with Crippen LogP contribution >= 0.6 is 10.0 Å². The topological polar surface area (TPSA) is 16.4 Å². The summed E-state index contributed by atoms with van der Waals surface area (Å²) >= 11 is 0. The first-order valence-corrected chi connectivity index (χ1v) is 18.9. The van der Waals surface area contributed by atoms with Crippen LogP contribution in [-0.2, 0) is 0 Å². The first-order chi connectivity index (χ1) is 25.3. The maximum absolute atomic E-state index is 6.91. The Hall–Kier alpha value is -6.29. The molecule has 0 unspecified atom stereocenters. The fourth-order valence-corrected chi connectivity index (χ4v) is 11.2. The normalized spacial score (nSPS) is 11.8. The van der Waals surface area contributed by atoms with Gasteiger partial charge in [0.25, 0.3) is 0 Å². The Balaban J connectivity index is 1.25. The SMILES string of the molecule is c1ccc(-c2cccc3c2oc2c(N(c4ccccc4)c4ccc(S(c5ccccc5)(c5ccccc5)c5ccccc5)cc4)cccc23)cc1. The zero-order valence-corrected chi connectivity index (χ0v) is 28.8. The highest BCUT2D eigenvalue weighted by Gasteiger charge is 2.33. The Morgan fingerprint density at radius 2 is 0.765 bits per heavy atom. The first kappa shape index (κ1) is 30.7. The molecule has 0 bridgehead atoms. The van der Waals surface area contributed by atoms with Gasteiger partial charge in [-0.05, 0) is 84.4 Å². The van der Waals surface area contributed by atoms with Crippen LogP contribution in [0.15, 0.2) is 236 Å². The number of anilines is 3. The van der Waals surface area contributed by atoms with Gasteiger partial charge in [0.05, 0.1) is 5.69 Å². The van der Waals surface area contributed by atoms with Gasteiger partial charge in [-0.3, -0.25) is 0 Å². The molecular formula is C48H35NOS. The van der Waals surface area contributed by atoms with E-state index < -0.39 is 10.0 Å². The van der Waals surface area contributed by atoms with Gasteiger partial charge in [0.1, 0.15) is 5.58 Å². The maximum atomic E-state index is 6.91. The molecule has 1 aromatic heterocycles. The summed E-state index contributed by atoms with van der Waals surface area (Å²) in [7, 11) is -1.80. The molecule has 2 nitrogen and oxygen atoms in total. The van der Waals surface area contributed by atoms with Gasteiger partial charge < -0.3 is 9.32 Å². The van der Waals surface area contributed by atoms with E-state index in [1.54, 1.807) is 0 Å². The van der Waals surface area contributed by atoms with Crippen LogP contribution in [0.3, 0.4) is 0 Å². The highest BCUT2D eigenvalue weighted by Crippen LogP contribution is 2.73. The van der Waals surface area contributed by atoms with Crippen LogP contribution in [0.4, 0.5) is 17.1 Å². The van der Waals surface area contributed by atoms with Crippen LogP contribution in [0.1, 0.15) is 0 Å². The Morgan fingerprint density at radius 3 is 1.31 bits per heavy atom. The molecule has 0 aliphatic rings. The summed E-state index contributed by atoms with van der Waals surface area (Å²) in [6.07, 6.45) is 0. The van der Waals surface area contributed by atoms with Gasteiger partial charge in [-0.25, -0.2) is 0 Å². The van der Waals surface area contributed by atoms with E-state index in [9.17, 15) is 0 Å². The predicted octanol–water partition coefficient (Wildman–Crippen LogP) is 14.1. The molecule has 0 spiro atoms. The second-order valence-electron chi connectivity index (χ2n) is 12.5. The third kappa shape index (κ3) is 5.31. The molecular weight excluding hydrogens is 639 g/mol. The molecule has 0 radical (unpaired) electrons. The van der Waals surface area contributed by atoms with Crippen LogP contribution in [0.5, 0.6) is 0 Å². The van der Waals surface area contributed by atoms with Crippen molar-refractivity contribution < 1.29 is 4.42 Å². The van der Waals surface area contributed by atoms with E-state index in [0.29, 0.717) is 0 Å². The zero-order valence-electron chi connectivity index (χ0n) is 28.0. The minimum atomic E-state index is -1.80. The van der Waals surface area contributed by atoms with E-state index in [0.717, 1.165) is 50.1 Å². The molecule has 9 rings (SSSR count). The lowest BCUT2D eigenvalue weighted by Crippen LogP contribution is -2.11. The van der Waals surface area contributed by atoms with Crippen molar-refractivity contribution in [3.05, 3.63) is 212 Å². The monoisotopic (exact) mass is 673 g/mol. The molecule has 51 heavy (non-hydrogen) atoms. The van der Waals surface area contributed by atoms with Crippen LogP contribution in [0.2, 0.25) is 0 Å². The minimum Gasteiger partial charge on any atom is -0.453 e. The molecule has 3 heteroatoms. The van der Waals surface area contributed by atoms with Crippen molar-refractivity contribution >= 4 is 49.0 Å². The number of furan rings is 1. The Labute approximate surface area is 300 Å². The van der Waals surface area contributed by atoms with Crippen LogP contribution in [0.25, 0.3) is 33.1 Å². The molecule has 0 N–H and O–H groups in total. The molecule has 0 aliphatic carbocycles. The standard InChI is InChI=1S/C48H35NOS/c1-6-18-36(19-7-1)43-28-16-29-44-45-30-17-31-46(48(45)50-47(43)44)49(37-20-8-2-9-21-37)38-32-34-42(35-33-38)51(39-22-10-3-11-23-39,40-24-12-4-13-25-40)41-26-14-5-15-27-41/h1-35H. The van der Waals surface area contributed by atoms with Crippen molar-refractivity contribution in [3.8, 4) is 11.1 Å². The van der Waals surface area contributed by atoms with E-state index in [1.807, 2.05) is 0 Å². The Bertz CT molecular complexity index is 2450. The number of fused-ring (bicyclic) bond motifs is 3. The Kier molecular flexibility index (Phi) is 7.96. The molecule has 0 fully saturated rings. The molecule has 0 aliphatic heterocycles. The van der Waals surface area contributed by atoms with Gasteiger partial charge in [0.2, 0.25) is 0 Å². The first-order valence-electron chi connectivity index (χ1n) is 17.3. The lowest BCUT2D eigenvalue weighted by atomic mass is 10.0. The molecule has 0 amide bonds. The third-order valence-electron chi connectivity index (χ3n) is 9.58. The number of hydrogen-bond acceptors (Lipinski definition) is 2. The molecule has 1 heterocycles. The average molecular weight is 674 g/mol. The molecule has 0 saturated heterocycles. The number of benzene rings is 8. The van der Waals surface area contributed by atoms with Gasteiger partial charge in [-0.1, -0.05) is 133 Å². The van der Waals surface area contributed by atoms with Gasteiger partial charge in [-0.2, -0.15) is 0 Å². The lowest BCUT2D eigenvalue weighted by molar-refractivity contribution is 0.670. The van der Waals surface area contributed by atoms with E-state index in [2.05, 4.69) is 217 Å². The van der Waals surface area contributed by atoms with Gasteiger partial charge >= 0.3 is 0 Å². The summed E-state index contributed by atoms with van der Waals surface area (Å²) < 4.78 is 6.91. The van der Waals surface area contributed by atoms with Crippen molar-refractivity contribution in [2.75, 3.05) is 4.90 Å². The highest BCUT2D eigenvalue weighted by atomic mass is 32.3. The summed E-state index contributed by atoms with van der Waals surface area (Å²) in [5.74, 6) is 0. The summed E-state index contributed by atoms with van der Waals surface area (Å²) in [6, 6.07) is 76.2. The average Bonchev–Trinajstić information content (AvgIpc) is 3.61. The summed E-state index contributed by atoms with van der Waals surface area (Å²) in [5.41, 5.74) is 7.11. The van der Waals surface area contributed by atoms with Crippen molar-refractivity contribution in [2.24, 2.45) is 0 Å². The number of hydrogen-bond donors (Lipinski definition) is 0. The van der Waals surface area contributed by atoms with Gasteiger partial charge in [0, 0.05) is 47.3 Å². The second kappa shape index (κ2) is 13.2. The fourth-order valence-electron chi connectivity index (χ4n) is 7.32. The molecule has 244 valence electrons. The fraction of sp³-hybridized carbons (Fsp3) is 0. The second-order valence-corrected chi connectivity index (χ2v) is 15.6. The number of rotatable bonds is 8. The van der Waals surface area contributed by atoms with Crippen molar-refractivity contribution in [3.63, 3.8) is 0 Å². The minimum absolute atomic E-state index is 0.863. The largest absolute Gasteiger partial charge is 0.453 e. The van der Waals surface area contributed by atoms with Crippen LogP contribution in [0, 0.1) is 0 Å². The molecule has 0 saturated carbocycles. The summed E-state index contributed by atoms with van der Waals surface area (Å²) in [6.45, 7) is 0. The number of nitrogens with zero attached hydrogens (tertiary/aromatic N) is 1. The predicted molar refractivity (Wildman–Crippen MR) is 214 cm³/mol. The molecule has 8 aromatic carbocycles. The van der Waals surface area contributed by atoms with Crippen molar-refractivity contribution in [1.29, 1.82) is 0 Å². The van der Waals surface area contributed by atoms with E-state index in [1.165, 1.54) is 19.6 Å².